The maximum absolute atomic E-state index is 11.7. The molecule has 0 aliphatic heterocycles. The van der Waals surface area contributed by atoms with Gasteiger partial charge in [0.05, 0.1) is 11.9 Å². The average Bonchev–Trinajstić information content (AvgIpc) is 2.72. The lowest BCUT2D eigenvalue weighted by Gasteiger charge is -2.24. The molecule has 104 valence electrons. The molecule has 1 aliphatic rings. The molecule has 1 amide bonds. The minimum absolute atomic E-state index is 0.0302. The van der Waals surface area contributed by atoms with E-state index in [1.807, 2.05) is 0 Å². The zero-order valence-electron chi connectivity index (χ0n) is 11.2. The number of anilines is 1. The van der Waals surface area contributed by atoms with E-state index < -0.39 is 11.5 Å². The van der Waals surface area contributed by atoms with Crippen LogP contribution in [0.15, 0.2) is 12.4 Å². The van der Waals surface area contributed by atoms with Crippen LogP contribution in [-0.2, 0) is 15.1 Å². The summed E-state index contributed by atoms with van der Waals surface area (Å²) in [6.07, 6.45) is 7.02. The van der Waals surface area contributed by atoms with Gasteiger partial charge in [0.25, 0.3) is 0 Å². The second-order valence-electron chi connectivity index (χ2n) is 5.59. The lowest BCUT2D eigenvalue weighted by molar-refractivity contribution is -0.146. The fraction of sp³-hybridized carbons (Fsp3) is 0.615. The molecule has 1 aromatic heterocycles. The molecular formula is C13H19N3O3. The predicted molar refractivity (Wildman–Crippen MR) is 69.8 cm³/mol. The predicted octanol–water partition coefficient (Wildman–Crippen LogP) is 1.83. The van der Waals surface area contributed by atoms with Gasteiger partial charge in [0.1, 0.15) is 0 Å². The fourth-order valence-electron chi connectivity index (χ4n) is 1.96. The topological polar surface area (TPSA) is 84.2 Å². The minimum Gasteiger partial charge on any atom is -0.479 e. The summed E-state index contributed by atoms with van der Waals surface area (Å²) in [6.45, 7) is 3.12. The van der Waals surface area contributed by atoms with Crippen LogP contribution in [0, 0.1) is 5.92 Å². The molecule has 19 heavy (non-hydrogen) atoms. The molecule has 6 heteroatoms. The summed E-state index contributed by atoms with van der Waals surface area (Å²) < 4.78 is 1.34. The van der Waals surface area contributed by atoms with E-state index in [9.17, 15) is 9.59 Å². The van der Waals surface area contributed by atoms with E-state index in [2.05, 4.69) is 10.4 Å². The molecule has 0 aromatic carbocycles. The monoisotopic (exact) mass is 265 g/mol. The highest BCUT2D eigenvalue weighted by atomic mass is 16.4. The third-order valence-electron chi connectivity index (χ3n) is 3.66. The van der Waals surface area contributed by atoms with E-state index in [0.717, 1.165) is 12.8 Å². The summed E-state index contributed by atoms with van der Waals surface area (Å²) in [5, 5.41) is 15.8. The van der Waals surface area contributed by atoms with E-state index >= 15 is 0 Å². The summed E-state index contributed by atoms with van der Waals surface area (Å²) in [4.78, 5) is 22.8. The molecule has 6 nitrogen and oxygen atoms in total. The lowest BCUT2D eigenvalue weighted by atomic mass is 9.83. The number of carboxylic acid groups (broad SMARTS) is 1. The van der Waals surface area contributed by atoms with Crippen LogP contribution in [0.4, 0.5) is 5.69 Å². The molecule has 1 saturated carbocycles. The van der Waals surface area contributed by atoms with Gasteiger partial charge >= 0.3 is 5.97 Å². The van der Waals surface area contributed by atoms with Gasteiger partial charge in [-0.25, -0.2) is 4.79 Å². The maximum atomic E-state index is 11.7. The van der Waals surface area contributed by atoms with E-state index in [4.69, 9.17) is 5.11 Å². The number of amides is 1. The first-order chi connectivity index (χ1) is 8.89. The molecule has 1 fully saturated rings. The number of aromatic nitrogens is 2. The Bertz CT molecular complexity index is 489. The average molecular weight is 265 g/mol. The quantitative estimate of drug-likeness (QED) is 0.850. The third-order valence-corrected chi connectivity index (χ3v) is 3.66. The molecule has 0 radical (unpaired) electrons. The smallest absolute Gasteiger partial charge is 0.331 e. The first kappa shape index (κ1) is 13.6. The van der Waals surface area contributed by atoms with Crippen LogP contribution in [-0.4, -0.2) is 26.8 Å². The first-order valence-electron chi connectivity index (χ1n) is 6.48. The highest BCUT2D eigenvalue weighted by Crippen LogP contribution is 2.29. The van der Waals surface area contributed by atoms with Crippen molar-refractivity contribution in [3.63, 3.8) is 0 Å². The summed E-state index contributed by atoms with van der Waals surface area (Å²) in [6, 6.07) is 0. The van der Waals surface area contributed by atoms with Crippen molar-refractivity contribution in [2.24, 2.45) is 5.92 Å². The van der Waals surface area contributed by atoms with Crippen LogP contribution in [0.25, 0.3) is 0 Å². The number of carbonyl (C=O) groups is 2. The molecule has 1 aromatic rings. The lowest BCUT2D eigenvalue weighted by Crippen LogP contribution is -2.35. The number of hydrogen-bond acceptors (Lipinski definition) is 3. The molecule has 0 atom stereocenters. The zero-order chi connectivity index (χ0) is 14.0. The Labute approximate surface area is 111 Å². The number of carboxylic acids is 1. The second-order valence-corrected chi connectivity index (χ2v) is 5.59. The van der Waals surface area contributed by atoms with Crippen LogP contribution in [0.5, 0.6) is 0 Å². The van der Waals surface area contributed by atoms with Crippen molar-refractivity contribution in [2.75, 3.05) is 5.32 Å². The van der Waals surface area contributed by atoms with Crippen LogP contribution in [0.2, 0.25) is 0 Å². The van der Waals surface area contributed by atoms with Crippen LogP contribution >= 0.6 is 0 Å². The second kappa shape index (κ2) is 5.03. The van der Waals surface area contributed by atoms with Crippen LogP contribution in [0.1, 0.15) is 39.5 Å². The number of aliphatic carboxylic acids is 1. The molecule has 1 heterocycles. The van der Waals surface area contributed by atoms with Gasteiger partial charge in [-0.05, 0) is 32.6 Å². The van der Waals surface area contributed by atoms with Crippen LogP contribution in [0.3, 0.4) is 0 Å². The van der Waals surface area contributed by atoms with Crippen molar-refractivity contribution in [3.8, 4) is 0 Å². The number of carbonyl (C=O) groups excluding carboxylic acids is 1. The third kappa shape index (κ3) is 2.94. The van der Waals surface area contributed by atoms with Gasteiger partial charge < -0.3 is 10.4 Å². The molecular weight excluding hydrogens is 246 g/mol. The number of hydrogen-bond donors (Lipinski definition) is 2. The fourth-order valence-corrected chi connectivity index (χ4v) is 1.96. The highest BCUT2D eigenvalue weighted by Gasteiger charge is 2.30. The van der Waals surface area contributed by atoms with Crippen molar-refractivity contribution in [3.05, 3.63) is 12.4 Å². The van der Waals surface area contributed by atoms with Gasteiger partial charge in [-0.1, -0.05) is 6.42 Å². The summed E-state index contributed by atoms with van der Waals surface area (Å²) >= 11 is 0. The Kier molecular flexibility index (Phi) is 3.59. The maximum Gasteiger partial charge on any atom is 0.331 e. The molecule has 0 unspecified atom stereocenters. The van der Waals surface area contributed by atoms with Crippen molar-refractivity contribution >= 4 is 17.6 Å². The first-order valence-corrected chi connectivity index (χ1v) is 6.48. The van der Waals surface area contributed by atoms with Gasteiger partial charge in [0.2, 0.25) is 5.91 Å². The summed E-state index contributed by atoms with van der Waals surface area (Å²) in [7, 11) is 0. The van der Waals surface area contributed by atoms with Crippen molar-refractivity contribution < 1.29 is 14.7 Å². The van der Waals surface area contributed by atoms with Gasteiger partial charge in [0.15, 0.2) is 5.54 Å². The molecule has 1 aliphatic carbocycles. The summed E-state index contributed by atoms with van der Waals surface area (Å²) in [5.74, 6) is -0.495. The van der Waals surface area contributed by atoms with E-state index in [1.165, 1.54) is 17.3 Å². The van der Waals surface area contributed by atoms with Gasteiger partial charge in [0, 0.05) is 12.6 Å². The van der Waals surface area contributed by atoms with Gasteiger partial charge in [-0.3, -0.25) is 9.48 Å². The van der Waals surface area contributed by atoms with E-state index in [-0.39, 0.29) is 5.91 Å². The molecule has 0 bridgehead atoms. The molecule has 0 spiro atoms. The van der Waals surface area contributed by atoms with E-state index in [0.29, 0.717) is 18.0 Å². The Morgan fingerprint density at radius 3 is 2.74 bits per heavy atom. The molecule has 2 rings (SSSR count). The SMILES string of the molecule is CC(C)(C(=O)O)n1cc(NC(=O)CC2CCC2)cn1. The van der Waals surface area contributed by atoms with E-state index in [1.54, 1.807) is 20.0 Å². The number of nitrogens with one attached hydrogen (secondary N) is 1. The Morgan fingerprint density at radius 1 is 1.53 bits per heavy atom. The normalized spacial score (nSPS) is 15.9. The zero-order valence-corrected chi connectivity index (χ0v) is 11.2. The Balaban J connectivity index is 1.97. The number of nitrogens with zero attached hydrogens (tertiary/aromatic N) is 2. The Hall–Kier alpha value is -1.85. The number of rotatable bonds is 5. The largest absolute Gasteiger partial charge is 0.479 e. The van der Waals surface area contributed by atoms with Gasteiger partial charge in [-0.15, -0.1) is 0 Å². The Morgan fingerprint density at radius 2 is 2.21 bits per heavy atom. The summed E-state index contributed by atoms with van der Waals surface area (Å²) in [5.41, 5.74) is -0.588. The standard InChI is InChI=1S/C13H19N3O3/c1-13(2,12(18)19)16-8-10(7-14-16)15-11(17)6-9-4-3-5-9/h7-9H,3-6H2,1-2H3,(H,15,17)(H,18,19). The van der Waals surface area contributed by atoms with Gasteiger partial charge in [-0.2, -0.15) is 5.10 Å². The van der Waals surface area contributed by atoms with Crippen molar-refractivity contribution in [1.29, 1.82) is 0 Å². The minimum atomic E-state index is -1.13. The molecule has 0 saturated heterocycles. The van der Waals surface area contributed by atoms with Crippen molar-refractivity contribution in [2.45, 2.75) is 45.1 Å². The highest BCUT2D eigenvalue weighted by molar-refractivity contribution is 5.90. The molecule has 2 N–H and O–H groups in total. The van der Waals surface area contributed by atoms with Crippen molar-refractivity contribution in [1.82, 2.24) is 9.78 Å². The van der Waals surface area contributed by atoms with Crippen LogP contribution < -0.4 is 5.32 Å².